The zero-order chi connectivity index (χ0) is 38.1. The molecule has 1 N–H and O–H groups in total. The topological polar surface area (TPSA) is 64.6 Å². The zero-order valence-corrected chi connectivity index (χ0v) is 35.9. The molecule has 0 aromatic rings. The molecule has 0 saturated heterocycles. The van der Waals surface area contributed by atoms with Gasteiger partial charge in [0.1, 0.15) is 12.6 Å². The highest BCUT2D eigenvalue weighted by molar-refractivity contribution is 5.49. The van der Waals surface area contributed by atoms with Crippen LogP contribution in [0.3, 0.4) is 0 Å². The number of rotatable bonds is 40. The van der Waals surface area contributed by atoms with Crippen LogP contribution in [0, 0.1) is 0 Å². The third-order valence-electron chi connectivity index (χ3n) is 10.1. The molecule has 5 heteroatoms. The van der Waals surface area contributed by atoms with Crippen molar-refractivity contribution in [1.29, 1.82) is 0 Å². The summed E-state index contributed by atoms with van der Waals surface area (Å²) in [4.78, 5) is 20.2. The number of carbonyl (C=O) groups excluding carboxylic acids is 2. The maximum Gasteiger partial charge on any atom is 0.119 e. The van der Waals surface area contributed by atoms with Gasteiger partial charge < -0.3 is 24.4 Å². The fourth-order valence-corrected chi connectivity index (χ4v) is 6.47. The molecule has 0 aliphatic rings. The minimum Gasteiger partial charge on any atom is -0.381 e. The predicted molar refractivity (Wildman–Crippen MR) is 226 cm³/mol. The molecule has 0 fully saturated rings. The number of hydrogen-bond donors (Lipinski definition) is 1. The molecule has 0 aliphatic heterocycles. The van der Waals surface area contributed by atoms with E-state index in [1.54, 1.807) is 0 Å². The van der Waals surface area contributed by atoms with E-state index in [-0.39, 0.29) is 0 Å². The summed E-state index contributed by atoms with van der Waals surface area (Å²) in [6.45, 7) is 11.3. The summed E-state index contributed by atoms with van der Waals surface area (Å²) in [6.07, 6.45) is 46.5. The first-order chi connectivity index (χ1) is 25.1. The Morgan fingerprint density at radius 3 is 1.00 bits per heavy atom. The Labute approximate surface area is 321 Å². The summed E-state index contributed by atoms with van der Waals surface area (Å²) in [7, 11) is 3.71. The highest BCUT2D eigenvalue weighted by Crippen LogP contribution is 2.16. The Bertz CT molecular complexity index is 562. The average Bonchev–Trinajstić information content (AvgIpc) is 3.15. The average molecular weight is 726 g/mol. The molecule has 0 aromatic carbocycles. The van der Waals surface area contributed by atoms with Crippen molar-refractivity contribution in [2.75, 3.05) is 27.3 Å². The Balaban J connectivity index is -0.000000692. The first-order valence-electron chi connectivity index (χ1n) is 22.7. The van der Waals surface area contributed by atoms with Crippen LogP contribution in [-0.4, -0.2) is 52.1 Å². The minimum absolute atomic E-state index is 0.506. The van der Waals surface area contributed by atoms with E-state index in [9.17, 15) is 9.59 Å². The maximum absolute atomic E-state index is 10.1. The third kappa shape index (κ3) is 53.7. The molecule has 0 heterocycles. The van der Waals surface area contributed by atoms with Crippen LogP contribution in [0.5, 0.6) is 0 Å². The maximum atomic E-state index is 10.1. The van der Waals surface area contributed by atoms with Crippen molar-refractivity contribution in [3.8, 4) is 0 Å². The lowest BCUT2D eigenvalue weighted by Crippen LogP contribution is -2.16. The fourth-order valence-electron chi connectivity index (χ4n) is 6.47. The highest BCUT2D eigenvalue weighted by Gasteiger charge is 2.06. The molecule has 0 aliphatic carbocycles. The molecule has 308 valence electrons. The number of nitrogens with one attached hydrogen (secondary N) is 1. The van der Waals surface area contributed by atoms with E-state index in [0.29, 0.717) is 12.2 Å². The smallest absolute Gasteiger partial charge is 0.119 e. The normalized spacial score (nSPS) is 11.5. The predicted octanol–water partition coefficient (Wildman–Crippen LogP) is 14.3. The monoisotopic (exact) mass is 726 g/mol. The van der Waals surface area contributed by atoms with E-state index in [0.717, 1.165) is 57.8 Å². The summed E-state index contributed by atoms with van der Waals surface area (Å²) in [5, 5.41) is 3.48. The molecule has 1 atom stereocenters. The number of unbranched alkanes of at least 4 members (excludes halogenated alkanes) is 25. The second-order valence-corrected chi connectivity index (χ2v) is 15.0. The van der Waals surface area contributed by atoms with Crippen molar-refractivity contribution in [3.63, 3.8) is 0 Å². The second-order valence-electron chi connectivity index (χ2n) is 15.0. The molecule has 0 rings (SSSR count). The van der Waals surface area contributed by atoms with Gasteiger partial charge in [0.05, 0.1) is 12.2 Å². The molecule has 1 unspecified atom stereocenters. The molecular weight excluding hydrogens is 631 g/mol. The van der Waals surface area contributed by atoms with Crippen LogP contribution in [0.4, 0.5) is 0 Å². The van der Waals surface area contributed by atoms with E-state index >= 15 is 0 Å². The molecule has 51 heavy (non-hydrogen) atoms. The van der Waals surface area contributed by atoms with Crippen molar-refractivity contribution in [3.05, 3.63) is 0 Å². The first-order valence-corrected chi connectivity index (χ1v) is 22.7. The van der Waals surface area contributed by atoms with Crippen LogP contribution < -0.4 is 5.32 Å². The SMILES string of the molecule is CCCCCCCCC(CC)OC.CCCCCCCCC(CCCCCCCC)OC.O=CCCCCCCCNCCCCCCCC=O. The standard InChI is InChI=1S/C18H38O.C16H31NO2.C12H26O/c1-4-6-8-10-12-14-16-18(19-3)17-15-13-11-9-7-5-2;18-15-11-7-3-1-5-9-13-17-14-10-6-2-4-8-12-16-19;1-4-6-7-8-9-10-11-12(5-2)13-3/h18H,4-17H2,1-3H3;15-17H,1-14H2;12H,4-11H2,1-3H3. The van der Waals surface area contributed by atoms with E-state index in [1.165, 1.54) is 186 Å². The number of carbonyl (C=O) groups is 2. The van der Waals surface area contributed by atoms with E-state index in [1.807, 2.05) is 14.2 Å². The minimum atomic E-state index is 0.506. The van der Waals surface area contributed by atoms with Crippen LogP contribution in [0.2, 0.25) is 0 Å². The van der Waals surface area contributed by atoms with Crippen molar-refractivity contribution < 1.29 is 19.1 Å². The molecule has 0 aromatic heterocycles. The number of aldehydes is 2. The van der Waals surface area contributed by atoms with Gasteiger partial charge in [-0.2, -0.15) is 0 Å². The van der Waals surface area contributed by atoms with Gasteiger partial charge in [-0.3, -0.25) is 0 Å². The van der Waals surface area contributed by atoms with Crippen LogP contribution in [0.15, 0.2) is 0 Å². The van der Waals surface area contributed by atoms with Crippen molar-refractivity contribution in [2.45, 2.75) is 258 Å². The zero-order valence-electron chi connectivity index (χ0n) is 35.9. The van der Waals surface area contributed by atoms with Gasteiger partial charge in [0, 0.05) is 27.1 Å². The van der Waals surface area contributed by atoms with Crippen LogP contribution in [-0.2, 0) is 19.1 Å². The Morgan fingerprint density at radius 2 is 0.686 bits per heavy atom. The highest BCUT2D eigenvalue weighted by atomic mass is 16.5. The molecule has 0 bridgehead atoms. The number of methoxy groups -OCH3 is 2. The van der Waals surface area contributed by atoms with Crippen LogP contribution in [0.25, 0.3) is 0 Å². The summed E-state index contributed by atoms with van der Waals surface area (Å²) in [5.41, 5.74) is 0. The van der Waals surface area contributed by atoms with E-state index in [2.05, 4.69) is 33.0 Å². The molecule has 0 amide bonds. The Hall–Kier alpha value is -0.780. The molecule has 0 spiro atoms. The lowest BCUT2D eigenvalue weighted by atomic mass is 10.0. The Kier molecular flexibility index (Phi) is 57.3. The summed E-state index contributed by atoms with van der Waals surface area (Å²) in [5.74, 6) is 0. The van der Waals surface area contributed by atoms with Gasteiger partial charge in [-0.05, 0) is 64.5 Å². The van der Waals surface area contributed by atoms with Gasteiger partial charge in [0.15, 0.2) is 0 Å². The molecular formula is C46H95NO4. The number of hydrogen-bond acceptors (Lipinski definition) is 5. The lowest BCUT2D eigenvalue weighted by molar-refractivity contribution is -0.108. The van der Waals surface area contributed by atoms with Gasteiger partial charge >= 0.3 is 0 Å². The largest absolute Gasteiger partial charge is 0.381 e. The second kappa shape index (κ2) is 53.6. The molecule has 5 nitrogen and oxygen atoms in total. The van der Waals surface area contributed by atoms with Gasteiger partial charge in [0.25, 0.3) is 0 Å². The quantitative estimate of drug-likeness (QED) is 0.0503. The van der Waals surface area contributed by atoms with Gasteiger partial charge in [-0.25, -0.2) is 0 Å². The third-order valence-corrected chi connectivity index (χ3v) is 10.1. The summed E-state index contributed by atoms with van der Waals surface area (Å²) < 4.78 is 10.9. The van der Waals surface area contributed by atoms with Gasteiger partial charge in [-0.1, -0.05) is 182 Å². The van der Waals surface area contributed by atoms with E-state index in [4.69, 9.17) is 9.47 Å². The van der Waals surface area contributed by atoms with Crippen LogP contribution in [0.1, 0.15) is 246 Å². The van der Waals surface area contributed by atoms with Crippen LogP contribution >= 0.6 is 0 Å². The first kappa shape index (κ1) is 54.6. The van der Waals surface area contributed by atoms with Crippen molar-refractivity contribution >= 4 is 12.6 Å². The summed E-state index contributed by atoms with van der Waals surface area (Å²) >= 11 is 0. The molecule has 0 radical (unpaired) electrons. The van der Waals surface area contributed by atoms with E-state index < -0.39 is 0 Å². The molecule has 0 saturated carbocycles. The number of ether oxygens (including phenoxy) is 2. The fraction of sp³-hybridized carbons (Fsp3) is 0.957. The van der Waals surface area contributed by atoms with Gasteiger partial charge in [-0.15, -0.1) is 0 Å². The Morgan fingerprint density at radius 1 is 0.392 bits per heavy atom. The lowest BCUT2D eigenvalue weighted by Gasteiger charge is -2.15. The van der Waals surface area contributed by atoms with Crippen molar-refractivity contribution in [1.82, 2.24) is 5.32 Å². The van der Waals surface area contributed by atoms with Gasteiger partial charge in [0.2, 0.25) is 0 Å². The summed E-state index contributed by atoms with van der Waals surface area (Å²) in [6, 6.07) is 0. The van der Waals surface area contributed by atoms with Crippen molar-refractivity contribution in [2.24, 2.45) is 0 Å².